The highest BCUT2D eigenvalue weighted by atomic mass is 16.5. The van der Waals surface area contributed by atoms with E-state index in [0.29, 0.717) is 12.4 Å². The first-order valence-corrected chi connectivity index (χ1v) is 5.97. The maximum Gasteiger partial charge on any atom is 0.174 e. The van der Waals surface area contributed by atoms with Gasteiger partial charge in [0.05, 0.1) is 5.69 Å². The van der Waals surface area contributed by atoms with Crippen molar-refractivity contribution in [3.05, 3.63) is 46.8 Å². The molecule has 0 aliphatic heterocycles. The van der Waals surface area contributed by atoms with Crippen molar-refractivity contribution in [3.63, 3.8) is 0 Å². The molecule has 0 aliphatic rings. The van der Waals surface area contributed by atoms with Crippen LogP contribution >= 0.6 is 0 Å². The lowest BCUT2D eigenvalue weighted by molar-refractivity contribution is 0.246. The summed E-state index contributed by atoms with van der Waals surface area (Å²) in [7, 11) is 0. The number of nitrogens with two attached hydrogens (primary N) is 1. The van der Waals surface area contributed by atoms with Gasteiger partial charge in [-0.25, -0.2) is 0 Å². The zero-order valence-electron chi connectivity index (χ0n) is 10.9. The van der Waals surface area contributed by atoms with E-state index in [1.807, 2.05) is 45.0 Å². The third kappa shape index (κ3) is 2.90. The van der Waals surface area contributed by atoms with E-state index in [4.69, 9.17) is 15.0 Å². The minimum absolute atomic E-state index is 0.0583. The van der Waals surface area contributed by atoms with Crippen LogP contribution in [0.4, 0.5) is 0 Å². The molecule has 2 aromatic rings. The molecule has 0 radical (unpaired) electrons. The van der Waals surface area contributed by atoms with Gasteiger partial charge in [0.2, 0.25) is 0 Å². The first-order chi connectivity index (χ1) is 8.56. The SMILES string of the molecule is Cc1ccc([C@H](C)N)c(OCc2cc(C)no2)c1. The molecule has 1 aromatic heterocycles. The average molecular weight is 246 g/mol. The van der Waals surface area contributed by atoms with E-state index in [2.05, 4.69) is 5.16 Å². The molecule has 0 bridgehead atoms. The summed E-state index contributed by atoms with van der Waals surface area (Å²) in [5, 5.41) is 3.82. The van der Waals surface area contributed by atoms with Gasteiger partial charge < -0.3 is 15.0 Å². The van der Waals surface area contributed by atoms with Crippen LogP contribution in [0.1, 0.15) is 35.5 Å². The summed E-state index contributed by atoms with van der Waals surface area (Å²) in [5.41, 5.74) is 8.91. The normalized spacial score (nSPS) is 12.4. The van der Waals surface area contributed by atoms with Crippen molar-refractivity contribution in [2.24, 2.45) is 5.73 Å². The Balaban J connectivity index is 2.15. The van der Waals surface area contributed by atoms with E-state index in [1.54, 1.807) is 0 Å². The topological polar surface area (TPSA) is 61.3 Å². The zero-order chi connectivity index (χ0) is 13.1. The molecule has 4 nitrogen and oxygen atoms in total. The third-order valence-corrected chi connectivity index (χ3v) is 2.71. The van der Waals surface area contributed by atoms with Gasteiger partial charge in [0.25, 0.3) is 0 Å². The highest BCUT2D eigenvalue weighted by Gasteiger charge is 2.09. The Kier molecular flexibility index (Phi) is 3.67. The first-order valence-electron chi connectivity index (χ1n) is 5.97. The fourth-order valence-electron chi connectivity index (χ4n) is 1.78. The first kappa shape index (κ1) is 12.6. The van der Waals surface area contributed by atoms with Crippen LogP contribution < -0.4 is 10.5 Å². The Hall–Kier alpha value is -1.81. The fourth-order valence-corrected chi connectivity index (χ4v) is 1.78. The van der Waals surface area contributed by atoms with E-state index in [-0.39, 0.29) is 6.04 Å². The summed E-state index contributed by atoms with van der Waals surface area (Å²) in [6, 6.07) is 7.83. The molecule has 0 amide bonds. The standard InChI is InChI=1S/C14H18N2O2/c1-9-4-5-13(11(3)15)14(6-9)17-8-12-7-10(2)16-18-12/h4-7,11H,8,15H2,1-3H3/t11-/m0/s1. The van der Waals surface area contributed by atoms with Crippen LogP contribution in [0.3, 0.4) is 0 Å². The molecule has 1 atom stereocenters. The number of aryl methyl sites for hydroxylation is 2. The molecule has 96 valence electrons. The average Bonchev–Trinajstić information content (AvgIpc) is 2.72. The second-order valence-electron chi connectivity index (χ2n) is 4.55. The monoisotopic (exact) mass is 246 g/mol. The molecule has 0 spiro atoms. The van der Waals surface area contributed by atoms with Gasteiger partial charge in [-0.3, -0.25) is 0 Å². The number of benzene rings is 1. The number of hydrogen-bond donors (Lipinski definition) is 1. The number of rotatable bonds is 4. The zero-order valence-corrected chi connectivity index (χ0v) is 10.9. The van der Waals surface area contributed by atoms with E-state index < -0.39 is 0 Å². The summed E-state index contributed by atoms with van der Waals surface area (Å²) in [4.78, 5) is 0. The van der Waals surface area contributed by atoms with Crippen LogP contribution in [0.25, 0.3) is 0 Å². The van der Waals surface area contributed by atoms with Gasteiger partial charge >= 0.3 is 0 Å². The molecule has 0 saturated heterocycles. The summed E-state index contributed by atoms with van der Waals surface area (Å²) >= 11 is 0. The lowest BCUT2D eigenvalue weighted by atomic mass is 10.1. The molecule has 0 aliphatic carbocycles. The third-order valence-electron chi connectivity index (χ3n) is 2.71. The molecule has 18 heavy (non-hydrogen) atoms. The second-order valence-corrected chi connectivity index (χ2v) is 4.55. The van der Waals surface area contributed by atoms with Crippen molar-refractivity contribution < 1.29 is 9.26 Å². The van der Waals surface area contributed by atoms with Gasteiger partial charge in [0.15, 0.2) is 5.76 Å². The van der Waals surface area contributed by atoms with Gasteiger partial charge in [0, 0.05) is 17.7 Å². The Morgan fingerprint density at radius 1 is 1.33 bits per heavy atom. The predicted octanol–water partition coefficient (Wildman–Crippen LogP) is 2.89. The van der Waals surface area contributed by atoms with Gasteiger partial charge in [-0.2, -0.15) is 0 Å². The number of nitrogens with zero attached hydrogens (tertiary/aromatic N) is 1. The van der Waals surface area contributed by atoms with E-state index in [9.17, 15) is 0 Å². The lowest BCUT2D eigenvalue weighted by Crippen LogP contribution is -2.08. The van der Waals surface area contributed by atoms with Gasteiger partial charge in [-0.15, -0.1) is 0 Å². The Morgan fingerprint density at radius 3 is 2.72 bits per heavy atom. The highest BCUT2D eigenvalue weighted by molar-refractivity contribution is 5.39. The summed E-state index contributed by atoms with van der Waals surface area (Å²) in [6.07, 6.45) is 0. The fraction of sp³-hybridized carbons (Fsp3) is 0.357. The van der Waals surface area contributed by atoms with Crippen molar-refractivity contribution in [3.8, 4) is 5.75 Å². The van der Waals surface area contributed by atoms with Crippen LogP contribution in [0.5, 0.6) is 5.75 Å². The molecular formula is C14H18N2O2. The van der Waals surface area contributed by atoms with Gasteiger partial charge in [-0.05, 0) is 32.4 Å². The van der Waals surface area contributed by atoms with Crippen LogP contribution in [-0.2, 0) is 6.61 Å². The van der Waals surface area contributed by atoms with Gasteiger partial charge in [-0.1, -0.05) is 17.3 Å². The highest BCUT2D eigenvalue weighted by Crippen LogP contribution is 2.26. The minimum Gasteiger partial charge on any atom is -0.485 e. The van der Waals surface area contributed by atoms with Crippen LogP contribution in [0, 0.1) is 13.8 Å². The van der Waals surface area contributed by atoms with Crippen LogP contribution in [0.2, 0.25) is 0 Å². The molecular weight excluding hydrogens is 228 g/mol. The molecule has 0 unspecified atom stereocenters. The molecule has 0 fully saturated rings. The quantitative estimate of drug-likeness (QED) is 0.901. The van der Waals surface area contributed by atoms with Crippen LogP contribution in [0.15, 0.2) is 28.8 Å². The maximum absolute atomic E-state index is 5.92. The smallest absolute Gasteiger partial charge is 0.174 e. The van der Waals surface area contributed by atoms with Crippen molar-refractivity contribution in [1.29, 1.82) is 0 Å². The number of hydrogen-bond acceptors (Lipinski definition) is 4. The van der Waals surface area contributed by atoms with Crippen LogP contribution in [-0.4, -0.2) is 5.16 Å². The second kappa shape index (κ2) is 5.23. The molecule has 1 heterocycles. The van der Waals surface area contributed by atoms with Crippen molar-refractivity contribution >= 4 is 0 Å². The van der Waals surface area contributed by atoms with Crippen molar-refractivity contribution in [2.75, 3.05) is 0 Å². The summed E-state index contributed by atoms with van der Waals surface area (Å²) < 4.78 is 10.9. The molecule has 4 heteroatoms. The van der Waals surface area contributed by atoms with Crippen molar-refractivity contribution in [2.45, 2.75) is 33.4 Å². The van der Waals surface area contributed by atoms with Gasteiger partial charge in [0.1, 0.15) is 12.4 Å². The largest absolute Gasteiger partial charge is 0.485 e. The molecule has 2 rings (SSSR count). The van der Waals surface area contributed by atoms with E-state index >= 15 is 0 Å². The lowest BCUT2D eigenvalue weighted by Gasteiger charge is -2.13. The molecule has 2 N–H and O–H groups in total. The van der Waals surface area contributed by atoms with E-state index in [1.165, 1.54) is 0 Å². The summed E-state index contributed by atoms with van der Waals surface area (Å²) in [5.74, 6) is 1.52. The van der Waals surface area contributed by atoms with E-state index in [0.717, 1.165) is 22.6 Å². The van der Waals surface area contributed by atoms with Crippen molar-refractivity contribution in [1.82, 2.24) is 5.16 Å². The predicted molar refractivity (Wildman–Crippen MR) is 69.4 cm³/mol. The number of ether oxygens (including phenoxy) is 1. The Labute approximate surface area is 107 Å². The molecule has 0 saturated carbocycles. The minimum atomic E-state index is -0.0583. The Morgan fingerprint density at radius 2 is 2.11 bits per heavy atom. The maximum atomic E-state index is 5.92. The Bertz CT molecular complexity index is 532. The number of aromatic nitrogens is 1. The molecule has 1 aromatic carbocycles. The summed E-state index contributed by atoms with van der Waals surface area (Å²) in [6.45, 7) is 6.21.